The molecular weight excluding hydrogens is 579 g/mol. The molecule has 234 valence electrons. The van der Waals surface area contributed by atoms with Crippen molar-refractivity contribution in [2.75, 3.05) is 46.7 Å². The molecule has 2 aliphatic carbocycles. The number of ketones is 3. The van der Waals surface area contributed by atoms with Gasteiger partial charge in [-0.25, -0.2) is 4.58 Å². The van der Waals surface area contributed by atoms with Crippen LogP contribution in [0.5, 0.6) is 0 Å². The van der Waals surface area contributed by atoms with E-state index < -0.39 is 14.0 Å². The Morgan fingerprint density at radius 1 is 0.933 bits per heavy atom. The lowest BCUT2D eigenvalue weighted by Crippen LogP contribution is -2.49. The van der Waals surface area contributed by atoms with Crippen LogP contribution < -0.4 is 10.1 Å². The van der Waals surface area contributed by atoms with Gasteiger partial charge in [0.1, 0.15) is 39.5 Å². The Bertz CT molecular complexity index is 1710. The second-order valence-electron chi connectivity index (χ2n) is 13.4. The van der Waals surface area contributed by atoms with E-state index >= 15 is 0 Å². The van der Waals surface area contributed by atoms with Crippen molar-refractivity contribution in [1.29, 1.82) is 0 Å². The summed E-state index contributed by atoms with van der Waals surface area (Å²) in [7, 11) is 7.90. The predicted molar refractivity (Wildman–Crippen MR) is 183 cm³/mol. The van der Waals surface area contributed by atoms with Gasteiger partial charge in [-0.3, -0.25) is 19.2 Å². The van der Waals surface area contributed by atoms with Crippen molar-refractivity contribution >= 4 is 53.5 Å². The summed E-state index contributed by atoms with van der Waals surface area (Å²) in [5.74, 6) is -1.22. The minimum Gasteiger partial charge on any atom is -0.378 e. The minimum atomic E-state index is -2.12. The molecule has 1 fully saturated rings. The van der Waals surface area contributed by atoms with Crippen LogP contribution in [-0.4, -0.2) is 88.3 Å². The van der Waals surface area contributed by atoms with E-state index in [1.165, 1.54) is 21.5 Å². The third-order valence-electron chi connectivity index (χ3n) is 9.47. The van der Waals surface area contributed by atoms with Crippen LogP contribution in [0.15, 0.2) is 71.5 Å². The van der Waals surface area contributed by atoms with Gasteiger partial charge in [0.25, 0.3) is 5.91 Å². The summed E-state index contributed by atoms with van der Waals surface area (Å²) in [6.07, 6.45) is 7.88. The summed E-state index contributed by atoms with van der Waals surface area (Å²) in [4.78, 5) is 54.3. The number of carbonyl (C=O) groups is 4. The number of amides is 1. The first kappa shape index (κ1) is 32.2. The van der Waals surface area contributed by atoms with Crippen LogP contribution >= 0.6 is 0 Å². The van der Waals surface area contributed by atoms with Gasteiger partial charge >= 0.3 is 0 Å². The molecule has 0 N–H and O–H groups in total. The summed E-state index contributed by atoms with van der Waals surface area (Å²) in [6.45, 7) is 5.21. The van der Waals surface area contributed by atoms with Gasteiger partial charge < -0.3 is 9.80 Å². The van der Waals surface area contributed by atoms with Crippen LogP contribution in [0.1, 0.15) is 53.6 Å². The Balaban J connectivity index is 1.48. The zero-order valence-electron chi connectivity index (χ0n) is 27.6. The van der Waals surface area contributed by atoms with Crippen molar-refractivity contribution < 1.29 is 23.8 Å². The maximum absolute atomic E-state index is 14.0. The number of hydrogen-bond acceptors (Lipinski definition) is 5. The van der Waals surface area contributed by atoms with Crippen LogP contribution in [0.25, 0.3) is 5.57 Å². The van der Waals surface area contributed by atoms with Gasteiger partial charge in [0.15, 0.2) is 5.71 Å². The van der Waals surface area contributed by atoms with E-state index in [4.69, 9.17) is 0 Å². The van der Waals surface area contributed by atoms with E-state index in [1.807, 2.05) is 24.3 Å². The highest BCUT2D eigenvalue weighted by Gasteiger charge is 2.41. The average molecular weight is 623 g/mol. The van der Waals surface area contributed by atoms with E-state index in [2.05, 4.69) is 87.2 Å². The highest BCUT2D eigenvalue weighted by molar-refractivity contribution is 6.98. The molecule has 1 aliphatic heterocycles. The number of carbonyl (C=O) groups excluding carboxylic acids is 4. The molecule has 0 spiro atoms. The van der Waals surface area contributed by atoms with Gasteiger partial charge in [-0.2, -0.15) is 0 Å². The number of Topliss-reactive ketones (excluding diaryl/α,β-unsaturated/α-hetero) is 3. The molecule has 0 bridgehead atoms. The Labute approximate surface area is 267 Å². The van der Waals surface area contributed by atoms with Gasteiger partial charge in [0.05, 0.1) is 5.92 Å². The number of fused-ring (bicyclic) bond motifs is 2. The van der Waals surface area contributed by atoms with Gasteiger partial charge in [0, 0.05) is 76.8 Å². The van der Waals surface area contributed by atoms with Crippen LogP contribution in [-0.2, 0) is 14.4 Å². The summed E-state index contributed by atoms with van der Waals surface area (Å²) < 4.78 is 2.14. The molecule has 2 aromatic rings. The molecular formula is C37H44N3O4Si+. The van der Waals surface area contributed by atoms with Crippen molar-refractivity contribution in [2.45, 2.75) is 45.2 Å². The second kappa shape index (κ2) is 12.7. The number of anilines is 1. The molecule has 0 atom stereocenters. The average Bonchev–Trinajstić information content (AvgIpc) is 3.32. The monoisotopic (exact) mass is 622 g/mol. The Kier molecular flexibility index (Phi) is 9.08. The minimum absolute atomic E-state index is 0.0139. The largest absolute Gasteiger partial charge is 0.378 e. The lowest BCUT2D eigenvalue weighted by Gasteiger charge is -2.38. The number of rotatable bonds is 9. The Hall–Kier alpha value is -4.17. The fourth-order valence-electron chi connectivity index (χ4n) is 6.71. The standard InChI is InChI=1S/C37H44N3O4Si/c1-38(2)24-14-16-29-34(21-24)45(6,7)35-22-25(39(3)4)15-17-30(35)36(29)27-12-8-9-13-28(27)37(44)40(5)20-10-11-26(41)23-31-32(42)18-19-33(31)43/h8-9,12-17,21-22,31H,10-11,18-20,23H2,1-7H3/q+1. The topological polar surface area (TPSA) is 77.8 Å². The SMILES string of the molecule is CN(CCCC(=O)CC1C(=O)CCC1=O)C(=O)c1ccccc1C1=C2C=CC(=[N+](C)C)C=C2[Si](C)(C)c2cc(N(C)C)ccc21. The van der Waals surface area contributed by atoms with Crippen molar-refractivity contribution in [1.82, 2.24) is 4.90 Å². The Morgan fingerprint density at radius 3 is 2.29 bits per heavy atom. The summed E-state index contributed by atoms with van der Waals surface area (Å²) in [6, 6.07) is 14.5. The van der Waals surface area contributed by atoms with Gasteiger partial charge in [0.2, 0.25) is 0 Å². The Morgan fingerprint density at radius 2 is 1.62 bits per heavy atom. The van der Waals surface area contributed by atoms with Crippen molar-refractivity contribution in [3.63, 3.8) is 0 Å². The zero-order chi connectivity index (χ0) is 32.6. The molecule has 1 saturated carbocycles. The molecule has 0 radical (unpaired) electrons. The maximum atomic E-state index is 14.0. The normalized spacial score (nSPS) is 17.2. The quantitative estimate of drug-likeness (QED) is 0.232. The molecule has 7 nitrogen and oxygen atoms in total. The fraction of sp³-hybridized carbons (Fsp3) is 0.378. The number of nitrogens with zero attached hydrogens (tertiary/aromatic N) is 3. The smallest absolute Gasteiger partial charge is 0.254 e. The first-order valence-electron chi connectivity index (χ1n) is 15.7. The van der Waals surface area contributed by atoms with Crippen LogP contribution in [0.4, 0.5) is 5.69 Å². The van der Waals surface area contributed by atoms with E-state index in [1.54, 1.807) is 11.9 Å². The molecule has 0 unspecified atom stereocenters. The van der Waals surface area contributed by atoms with Crippen LogP contribution in [0.2, 0.25) is 13.1 Å². The summed E-state index contributed by atoms with van der Waals surface area (Å²) in [5.41, 5.74) is 7.24. The fourth-order valence-corrected chi connectivity index (χ4v) is 9.78. The molecule has 8 heteroatoms. The van der Waals surface area contributed by atoms with Gasteiger partial charge in [-0.05, 0) is 63.4 Å². The van der Waals surface area contributed by atoms with Gasteiger partial charge in [-0.15, -0.1) is 0 Å². The van der Waals surface area contributed by atoms with Crippen LogP contribution in [0, 0.1) is 5.92 Å². The number of benzene rings is 2. The zero-order valence-corrected chi connectivity index (χ0v) is 28.6. The highest BCUT2D eigenvalue weighted by Crippen LogP contribution is 2.42. The summed E-state index contributed by atoms with van der Waals surface area (Å²) in [5, 5.41) is 2.70. The molecule has 1 heterocycles. The van der Waals surface area contributed by atoms with E-state index in [0.717, 1.165) is 22.5 Å². The second-order valence-corrected chi connectivity index (χ2v) is 17.7. The van der Waals surface area contributed by atoms with Crippen molar-refractivity contribution in [3.8, 4) is 0 Å². The van der Waals surface area contributed by atoms with Crippen molar-refractivity contribution in [3.05, 3.63) is 88.2 Å². The number of hydrogen-bond donors (Lipinski definition) is 0. The van der Waals surface area contributed by atoms with Crippen LogP contribution in [0.3, 0.4) is 0 Å². The molecule has 3 aliphatic rings. The first-order valence-corrected chi connectivity index (χ1v) is 18.7. The van der Waals surface area contributed by atoms with Gasteiger partial charge in [-0.1, -0.05) is 37.4 Å². The lowest BCUT2D eigenvalue weighted by molar-refractivity contribution is -0.462. The summed E-state index contributed by atoms with van der Waals surface area (Å²) >= 11 is 0. The third-order valence-corrected chi connectivity index (χ3v) is 13.0. The van der Waals surface area contributed by atoms with E-state index in [-0.39, 0.29) is 48.9 Å². The molecule has 0 aromatic heterocycles. The molecule has 2 aromatic carbocycles. The molecule has 45 heavy (non-hydrogen) atoms. The molecule has 5 rings (SSSR count). The number of allylic oxidation sites excluding steroid dienone is 5. The maximum Gasteiger partial charge on any atom is 0.254 e. The molecule has 1 amide bonds. The predicted octanol–water partition coefficient (Wildman–Crippen LogP) is 4.59. The third kappa shape index (κ3) is 6.21. The first-order chi connectivity index (χ1) is 21.3. The molecule has 0 saturated heterocycles. The highest BCUT2D eigenvalue weighted by atomic mass is 28.3. The van der Waals surface area contributed by atoms with E-state index in [0.29, 0.717) is 18.5 Å². The van der Waals surface area contributed by atoms with E-state index in [9.17, 15) is 19.2 Å². The lowest BCUT2D eigenvalue weighted by atomic mass is 9.87. The van der Waals surface area contributed by atoms with Crippen molar-refractivity contribution in [2.24, 2.45) is 5.92 Å².